The second-order valence-electron chi connectivity index (χ2n) is 12.4. The fourth-order valence-electron chi connectivity index (χ4n) is 5.38. The zero-order valence-corrected chi connectivity index (χ0v) is 32.6. The maximum atomic E-state index is 13.2. The van der Waals surface area contributed by atoms with Gasteiger partial charge < -0.3 is 37.1 Å². The lowest BCUT2D eigenvalue weighted by atomic mass is 10.1. The van der Waals surface area contributed by atoms with Crippen molar-refractivity contribution in [3.8, 4) is 0 Å². The third-order valence-corrected chi connectivity index (χ3v) is 9.86. The number of fused-ring (bicyclic) bond motifs is 1. The van der Waals surface area contributed by atoms with Crippen molar-refractivity contribution < 1.29 is 47.2 Å². The molecule has 2 heterocycles. The number of nitrogens with zero attached hydrogens (tertiary/aromatic N) is 3. The molecule has 0 aliphatic heterocycles. The summed E-state index contributed by atoms with van der Waals surface area (Å²) in [6.07, 6.45) is 0.940. The van der Waals surface area contributed by atoms with Crippen molar-refractivity contribution >= 4 is 71.6 Å². The molecular formula is C38H40N9O11P. The highest BCUT2D eigenvalue weighted by Crippen LogP contribution is 2.49. The third-order valence-electron chi connectivity index (χ3n) is 8.22. The molecule has 0 saturated heterocycles. The SMILES string of the molecule is CCOP(=O)(OCC)OCCc1ccc(NC(=O)c2ccccc2NC(=O)CC[C@H](NC(=O)c2ccc(NC(=O)c3cnc4[nH]c(N)nc(=O)c4n3)cc2)C(=O)O)cc1. The minimum absolute atomic E-state index is 0.0529. The maximum absolute atomic E-state index is 13.2. The Hall–Kier alpha value is -6.86. The van der Waals surface area contributed by atoms with Gasteiger partial charge >= 0.3 is 19.4 Å². The first-order valence-corrected chi connectivity index (χ1v) is 19.5. The number of carbonyl (C=O) groups excluding carboxylic acids is 4. The quantitative estimate of drug-likeness (QED) is 0.0576. The highest BCUT2D eigenvalue weighted by molar-refractivity contribution is 7.48. The summed E-state index contributed by atoms with van der Waals surface area (Å²) in [5.41, 5.74) is 6.37. The number of carboxylic acids is 1. The van der Waals surface area contributed by atoms with Gasteiger partial charge in [0.1, 0.15) is 11.7 Å². The van der Waals surface area contributed by atoms with Crippen LogP contribution in [0.4, 0.5) is 23.0 Å². The minimum Gasteiger partial charge on any atom is -0.480 e. The standard InChI is InChI=1S/C38H40N9O11P/c1-3-56-59(55,57-4-2)58-20-19-22-9-13-24(14-10-22)41-34(50)26-7-5-6-8-27(26)43-30(48)18-17-28(37(53)54)45-33(49)23-11-15-25(16-12-23)42-35(51)29-21-40-32-31(44-29)36(52)47-38(39)46-32/h5-16,21,28H,3-4,17-20H2,1-2H3,(H,41,50)(H,42,51)(H,43,48)(H,45,49)(H,53,54)(H3,39,40,46,47,52)/t28-/m0/s1. The van der Waals surface area contributed by atoms with Crippen molar-refractivity contribution in [2.24, 2.45) is 0 Å². The van der Waals surface area contributed by atoms with Crippen LogP contribution >= 0.6 is 7.82 Å². The number of rotatable bonds is 19. The highest BCUT2D eigenvalue weighted by atomic mass is 31.2. The molecule has 59 heavy (non-hydrogen) atoms. The first kappa shape index (κ1) is 43.3. The van der Waals surface area contributed by atoms with E-state index in [-0.39, 0.29) is 78.0 Å². The predicted molar refractivity (Wildman–Crippen MR) is 215 cm³/mol. The molecular weight excluding hydrogens is 789 g/mol. The van der Waals surface area contributed by atoms with Crippen molar-refractivity contribution in [3.63, 3.8) is 0 Å². The first-order chi connectivity index (χ1) is 28.3. The number of benzene rings is 3. The number of anilines is 4. The van der Waals surface area contributed by atoms with Crippen LogP contribution < -0.4 is 32.6 Å². The number of carboxylic acid groups (broad SMARTS) is 1. The van der Waals surface area contributed by atoms with Crippen LogP contribution in [0.15, 0.2) is 83.8 Å². The lowest BCUT2D eigenvalue weighted by molar-refractivity contribution is -0.139. The smallest absolute Gasteiger partial charge is 0.474 e. The number of phosphoric ester groups is 1. The van der Waals surface area contributed by atoms with E-state index in [2.05, 4.69) is 41.2 Å². The van der Waals surface area contributed by atoms with Crippen molar-refractivity contribution in [1.82, 2.24) is 25.3 Å². The van der Waals surface area contributed by atoms with E-state index in [0.29, 0.717) is 12.1 Å². The Morgan fingerprint density at radius 3 is 2.14 bits per heavy atom. The fourth-order valence-corrected chi connectivity index (χ4v) is 6.56. The number of hydrogen-bond donors (Lipinski definition) is 7. The van der Waals surface area contributed by atoms with Crippen LogP contribution in [0.2, 0.25) is 0 Å². The average molecular weight is 830 g/mol. The van der Waals surface area contributed by atoms with Crippen LogP contribution in [-0.4, -0.2) is 80.5 Å². The summed E-state index contributed by atoms with van der Waals surface area (Å²) in [7, 11) is -3.64. The summed E-state index contributed by atoms with van der Waals surface area (Å²) in [5.74, 6) is -4.11. The van der Waals surface area contributed by atoms with E-state index in [1.807, 2.05) is 0 Å². The Kier molecular flexibility index (Phi) is 14.7. The molecule has 1 atom stereocenters. The van der Waals surface area contributed by atoms with E-state index in [1.54, 1.807) is 50.2 Å². The topological polar surface area (TPSA) is 296 Å². The molecule has 308 valence electrons. The second kappa shape index (κ2) is 20.0. The van der Waals surface area contributed by atoms with Gasteiger partial charge in [-0.05, 0) is 80.8 Å². The molecule has 8 N–H and O–H groups in total. The van der Waals surface area contributed by atoms with Gasteiger partial charge in [-0.15, -0.1) is 0 Å². The summed E-state index contributed by atoms with van der Waals surface area (Å²) in [4.78, 5) is 90.0. The van der Waals surface area contributed by atoms with E-state index in [0.717, 1.165) is 11.8 Å². The molecule has 2 aromatic heterocycles. The Morgan fingerprint density at radius 1 is 0.831 bits per heavy atom. The number of aromatic nitrogens is 4. The van der Waals surface area contributed by atoms with E-state index < -0.39 is 49.0 Å². The third kappa shape index (κ3) is 12.1. The summed E-state index contributed by atoms with van der Waals surface area (Å²) < 4.78 is 28.1. The van der Waals surface area contributed by atoms with Gasteiger partial charge in [-0.25, -0.2) is 19.3 Å². The van der Waals surface area contributed by atoms with Gasteiger partial charge in [0.2, 0.25) is 11.9 Å². The largest absolute Gasteiger partial charge is 0.480 e. The lowest BCUT2D eigenvalue weighted by Crippen LogP contribution is -2.41. The van der Waals surface area contributed by atoms with Crippen LogP contribution in [0.1, 0.15) is 63.5 Å². The average Bonchev–Trinajstić information content (AvgIpc) is 3.20. The van der Waals surface area contributed by atoms with Gasteiger partial charge in [0.15, 0.2) is 11.2 Å². The van der Waals surface area contributed by atoms with Gasteiger partial charge in [-0.1, -0.05) is 24.3 Å². The number of H-pyrrole nitrogens is 1. The van der Waals surface area contributed by atoms with Crippen LogP contribution in [0.5, 0.6) is 0 Å². The minimum atomic E-state index is -3.64. The molecule has 0 saturated carbocycles. The molecule has 0 spiro atoms. The molecule has 0 radical (unpaired) electrons. The van der Waals surface area contributed by atoms with Crippen molar-refractivity contribution in [2.45, 2.75) is 39.2 Å². The summed E-state index contributed by atoms with van der Waals surface area (Å²) in [5, 5.41) is 20.1. The van der Waals surface area contributed by atoms with Crippen LogP contribution in [0.3, 0.4) is 0 Å². The number of aromatic amines is 1. The molecule has 0 bridgehead atoms. The Morgan fingerprint density at radius 2 is 1.47 bits per heavy atom. The maximum Gasteiger partial charge on any atom is 0.474 e. The molecule has 0 aliphatic carbocycles. The highest BCUT2D eigenvalue weighted by Gasteiger charge is 2.25. The Bertz CT molecular complexity index is 2440. The number of phosphoric acid groups is 1. The van der Waals surface area contributed by atoms with Gasteiger partial charge in [-0.3, -0.25) is 37.5 Å². The monoisotopic (exact) mass is 829 g/mol. The molecule has 3 aromatic carbocycles. The van der Waals surface area contributed by atoms with Crippen molar-refractivity contribution in [1.29, 1.82) is 0 Å². The molecule has 0 fully saturated rings. The number of carbonyl (C=O) groups is 5. The normalized spacial score (nSPS) is 11.7. The fraction of sp³-hybridized carbons (Fsp3) is 0.237. The number of nitrogens with two attached hydrogens (primary N) is 1. The molecule has 21 heteroatoms. The summed E-state index contributed by atoms with van der Waals surface area (Å²) in [6, 6.07) is 17.2. The van der Waals surface area contributed by atoms with E-state index in [4.69, 9.17) is 19.3 Å². The number of nitrogens with one attached hydrogen (secondary N) is 5. The van der Waals surface area contributed by atoms with E-state index in [9.17, 15) is 38.4 Å². The van der Waals surface area contributed by atoms with Crippen molar-refractivity contribution in [3.05, 3.63) is 112 Å². The van der Waals surface area contributed by atoms with Crippen molar-refractivity contribution in [2.75, 3.05) is 41.5 Å². The van der Waals surface area contributed by atoms with Gasteiger partial charge in [-0.2, -0.15) is 4.98 Å². The molecule has 0 aliphatic rings. The van der Waals surface area contributed by atoms with Crippen LogP contribution in [-0.2, 0) is 34.1 Å². The van der Waals surface area contributed by atoms with Gasteiger partial charge in [0, 0.05) is 23.4 Å². The molecule has 0 unspecified atom stereocenters. The number of amides is 4. The van der Waals surface area contributed by atoms with Crippen LogP contribution in [0, 0.1) is 0 Å². The summed E-state index contributed by atoms with van der Waals surface area (Å²) in [6.45, 7) is 3.79. The van der Waals surface area contributed by atoms with E-state index in [1.165, 1.54) is 36.4 Å². The van der Waals surface area contributed by atoms with E-state index >= 15 is 0 Å². The zero-order valence-electron chi connectivity index (χ0n) is 31.7. The van der Waals surface area contributed by atoms with Crippen LogP contribution in [0.25, 0.3) is 11.2 Å². The number of hydrogen-bond acceptors (Lipinski definition) is 14. The summed E-state index contributed by atoms with van der Waals surface area (Å²) >= 11 is 0. The Balaban J connectivity index is 1.11. The molecule has 5 rings (SSSR count). The second-order valence-corrected chi connectivity index (χ2v) is 14.1. The number of aliphatic carboxylic acids is 1. The predicted octanol–water partition coefficient (Wildman–Crippen LogP) is 4.14. The number of nitrogen functional groups attached to an aromatic ring is 1. The zero-order chi connectivity index (χ0) is 42.5. The lowest BCUT2D eigenvalue weighted by Gasteiger charge is -2.16. The molecule has 4 amide bonds. The van der Waals surface area contributed by atoms with Gasteiger partial charge in [0.25, 0.3) is 17.7 Å². The first-order valence-electron chi connectivity index (χ1n) is 18.1. The number of para-hydroxylation sites is 1. The molecule has 20 nitrogen and oxygen atoms in total. The Labute approximate surface area is 335 Å². The van der Waals surface area contributed by atoms with Gasteiger partial charge in [0.05, 0.1) is 37.3 Å². The molecule has 5 aromatic rings.